The summed E-state index contributed by atoms with van der Waals surface area (Å²) < 4.78 is 14.2. The Kier molecular flexibility index (Phi) is 6.81. The minimum absolute atomic E-state index is 0.0499. The van der Waals surface area contributed by atoms with E-state index in [0.29, 0.717) is 17.4 Å². The number of aromatic nitrogens is 2. The van der Waals surface area contributed by atoms with Gasteiger partial charge in [-0.2, -0.15) is 0 Å². The Bertz CT molecular complexity index is 1110. The number of hydrogen-bond donors (Lipinski definition) is 0. The van der Waals surface area contributed by atoms with Crippen LogP contribution in [-0.2, 0) is 10.2 Å². The first-order chi connectivity index (χ1) is 17.3. The lowest BCUT2D eigenvalue weighted by molar-refractivity contribution is -0.130. The van der Waals surface area contributed by atoms with Crippen molar-refractivity contribution in [2.45, 2.75) is 45.4 Å². The van der Waals surface area contributed by atoms with E-state index >= 15 is 0 Å². The van der Waals surface area contributed by atoms with Crippen molar-refractivity contribution in [2.24, 2.45) is 11.8 Å². The van der Waals surface area contributed by atoms with E-state index in [1.807, 2.05) is 29.7 Å². The maximum atomic E-state index is 14.2. The predicted octanol–water partition coefficient (Wildman–Crippen LogP) is 3.21. The molecular weight excluding hydrogens is 457 g/mol. The molecule has 8 heteroatoms. The monoisotopic (exact) mass is 493 g/mol. The zero-order valence-corrected chi connectivity index (χ0v) is 21.5. The molecule has 3 saturated heterocycles. The Morgan fingerprint density at radius 3 is 2.22 bits per heavy atom. The lowest BCUT2D eigenvalue weighted by atomic mass is 9.70. The van der Waals surface area contributed by atoms with Crippen LogP contribution in [0.1, 0.15) is 53.5 Å². The number of piperidine rings is 1. The molecule has 1 aromatic carbocycles. The highest BCUT2D eigenvalue weighted by atomic mass is 19.1. The van der Waals surface area contributed by atoms with Gasteiger partial charge in [0.2, 0.25) is 5.91 Å². The Morgan fingerprint density at radius 2 is 1.64 bits per heavy atom. The molecule has 2 aromatic rings. The summed E-state index contributed by atoms with van der Waals surface area (Å²) in [7, 11) is 0. The van der Waals surface area contributed by atoms with Gasteiger partial charge in [-0.25, -0.2) is 14.4 Å². The van der Waals surface area contributed by atoms with Crippen LogP contribution in [0, 0.1) is 31.5 Å². The summed E-state index contributed by atoms with van der Waals surface area (Å²) in [6.45, 7) is 11.3. The fraction of sp³-hybridized carbons (Fsp3) is 0.571. The van der Waals surface area contributed by atoms with Crippen molar-refractivity contribution in [3.8, 4) is 0 Å². The predicted molar refractivity (Wildman–Crippen MR) is 135 cm³/mol. The second-order valence-electron chi connectivity index (χ2n) is 11.0. The number of benzene rings is 1. The molecule has 3 aliphatic rings. The van der Waals surface area contributed by atoms with E-state index in [4.69, 9.17) is 0 Å². The van der Waals surface area contributed by atoms with Gasteiger partial charge in [0.25, 0.3) is 5.91 Å². The van der Waals surface area contributed by atoms with Crippen LogP contribution in [0.4, 0.5) is 4.39 Å². The molecule has 2 amide bonds. The van der Waals surface area contributed by atoms with Crippen molar-refractivity contribution in [2.75, 3.05) is 45.8 Å². The van der Waals surface area contributed by atoms with Gasteiger partial charge in [-0.1, -0.05) is 12.1 Å². The van der Waals surface area contributed by atoms with Crippen molar-refractivity contribution in [3.05, 3.63) is 58.9 Å². The topological polar surface area (TPSA) is 69.6 Å². The average Bonchev–Trinajstić information content (AvgIpc) is 3.42. The molecule has 0 saturated carbocycles. The first-order valence-corrected chi connectivity index (χ1v) is 13.1. The lowest BCUT2D eigenvalue weighted by Gasteiger charge is -2.43. The van der Waals surface area contributed by atoms with Crippen molar-refractivity contribution in [3.63, 3.8) is 0 Å². The van der Waals surface area contributed by atoms with Crippen LogP contribution in [0.5, 0.6) is 0 Å². The summed E-state index contributed by atoms with van der Waals surface area (Å²) >= 11 is 0. The molecular formula is C28H36FN5O2. The third-order valence-electron chi connectivity index (χ3n) is 8.80. The maximum Gasteiger partial charge on any atom is 0.257 e. The fourth-order valence-corrected chi connectivity index (χ4v) is 6.62. The highest BCUT2D eigenvalue weighted by Gasteiger charge is 2.43. The van der Waals surface area contributed by atoms with Crippen LogP contribution >= 0.6 is 0 Å². The molecule has 192 valence electrons. The van der Waals surface area contributed by atoms with Crippen LogP contribution < -0.4 is 0 Å². The van der Waals surface area contributed by atoms with Crippen molar-refractivity contribution in [1.82, 2.24) is 24.7 Å². The molecule has 0 spiro atoms. The summed E-state index contributed by atoms with van der Waals surface area (Å²) in [5.41, 5.74) is 3.06. The summed E-state index contributed by atoms with van der Waals surface area (Å²) in [5, 5.41) is 0. The number of amides is 2. The summed E-state index contributed by atoms with van der Waals surface area (Å²) in [6.07, 6.45) is 4.18. The summed E-state index contributed by atoms with van der Waals surface area (Å²) in [5.74, 6) is 0.916. The minimum Gasteiger partial charge on any atom is -0.343 e. The van der Waals surface area contributed by atoms with E-state index in [2.05, 4.69) is 14.9 Å². The van der Waals surface area contributed by atoms with Crippen LogP contribution in [0.15, 0.2) is 30.6 Å². The number of carbonyl (C=O) groups is 2. The third-order valence-corrected chi connectivity index (χ3v) is 8.80. The van der Waals surface area contributed by atoms with Crippen LogP contribution in [0.25, 0.3) is 0 Å². The molecule has 0 bridgehead atoms. The second-order valence-corrected chi connectivity index (χ2v) is 11.0. The number of aryl methyl sites for hydroxylation is 2. The van der Waals surface area contributed by atoms with E-state index in [9.17, 15) is 14.0 Å². The normalized spacial score (nSPS) is 23.7. The minimum atomic E-state index is -0.198. The SMILES string of the molecule is CC(=O)N1CCC(CCN2CC3CN(C(=O)c4c(C)ncnc4C)CC3C2)(c2cccc(F)c2)CC1. The van der Waals surface area contributed by atoms with E-state index in [1.54, 1.807) is 19.1 Å². The van der Waals surface area contributed by atoms with Crippen LogP contribution in [0.2, 0.25) is 0 Å². The van der Waals surface area contributed by atoms with E-state index in [0.717, 1.165) is 82.0 Å². The quantitative estimate of drug-likeness (QED) is 0.640. The lowest BCUT2D eigenvalue weighted by Crippen LogP contribution is -2.46. The standard InChI is InChI=1S/C28H36FN5O2/c1-19-26(20(2)31-18-30-19)27(36)34-16-22-14-32(15-23(22)17-34)10-7-28(24-5-4-6-25(29)13-24)8-11-33(12-9-28)21(3)35/h4-6,13,18,22-23H,7-12,14-17H2,1-3H3. The van der Waals surface area contributed by atoms with E-state index in [1.165, 1.54) is 12.4 Å². The molecule has 4 heterocycles. The summed E-state index contributed by atoms with van der Waals surface area (Å²) in [6, 6.07) is 7.03. The van der Waals surface area contributed by atoms with Gasteiger partial charge in [0.15, 0.2) is 0 Å². The number of carbonyl (C=O) groups excluding carboxylic acids is 2. The number of fused-ring (bicyclic) bond motifs is 1. The fourth-order valence-electron chi connectivity index (χ4n) is 6.62. The molecule has 2 atom stereocenters. The van der Waals surface area contributed by atoms with Crippen LogP contribution in [-0.4, -0.2) is 82.3 Å². The molecule has 5 rings (SSSR count). The highest BCUT2D eigenvalue weighted by molar-refractivity contribution is 5.96. The number of hydrogen-bond acceptors (Lipinski definition) is 5. The molecule has 36 heavy (non-hydrogen) atoms. The first kappa shape index (κ1) is 24.8. The van der Waals surface area contributed by atoms with Gasteiger partial charge < -0.3 is 14.7 Å². The molecule has 7 nitrogen and oxygen atoms in total. The average molecular weight is 494 g/mol. The van der Waals surface area contributed by atoms with E-state index < -0.39 is 0 Å². The second kappa shape index (κ2) is 9.88. The van der Waals surface area contributed by atoms with Gasteiger partial charge in [0, 0.05) is 46.2 Å². The number of nitrogens with zero attached hydrogens (tertiary/aromatic N) is 5. The van der Waals surface area contributed by atoms with Gasteiger partial charge >= 0.3 is 0 Å². The van der Waals surface area contributed by atoms with Gasteiger partial charge in [-0.15, -0.1) is 0 Å². The number of likely N-dealkylation sites (tertiary alicyclic amines) is 3. The number of rotatable bonds is 5. The highest BCUT2D eigenvalue weighted by Crippen LogP contribution is 2.40. The van der Waals surface area contributed by atoms with Gasteiger partial charge in [-0.05, 0) is 74.6 Å². The van der Waals surface area contributed by atoms with E-state index in [-0.39, 0.29) is 23.0 Å². The van der Waals surface area contributed by atoms with Crippen LogP contribution in [0.3, 0.4) is 0 Å². The Labute approximate surface area is 212 Å². The van der Waals surface area contributed by atoms with Crippen molar-refractivity contribution >= 4 is 11.8 Å². The molecule has 0 radical (unpaired) electrons. The van der Waals surface area contributed by atoms with Gasteiger partial charge in [0.1, 0.15) is 12.1 Å². The smallest absolute Gasteiger partial charge is 0.257 e. The van der Waals surface area contributed by atoms with Crippen molar-refractivity contribution < 1.29 is 14.0 Å². The Balaban J connectivity index is 1.22. The number of halogens is 1. The maximum absolute atomic E-state index is 14.2. The zero-order chi connectivity index (χ0) is 25.4. The van der Waals surface area contributed by atoms with Gasteiger partial charge in [-0.3, -0.25) is 9.59 Å². The molecule has 0 N–H and O–H groups in total. The zero-order valence-electron chi connectivity index (χ0n) is 21.5. The Morgan fingerprint density at radius 1 is 1.00 bits per heavy atom. The molecule has 3 aliphatic heterocycles. The third kappa shape index (κ3) is 4.75. The largest absolute Gasteiger partial charge is 0.343 e. The molecule has 0 aliphatic carbocycles. The Hall–Kier alpha value is -2.87. The molecule has 3 fully saturated rings. The summed E-state index contributed by atoms with van der Waals surface area (Å²) in [4.78, 5) is 40.0. The molecule has 1 aromatic heterocycles. The van der Waals surface area contributed by atoms with Crippen molar-refractivity contribution in [1.29, 1.82) is 0 Å². The first-order valence-electron chi connectivity index (χ1n) is 13.1. The molecule has 2 unspecified atom stereocenters. The van der Waals surface area contributed by atoms with Gasteiger partial charge in [0.05, 0.1) is 17.0 Å².